The molecule has 0 spiro atoms. The van der Waals surface area contributed by atoms with E-state index < -0.39 is 21.5 Å². The van der Waals surface area contributed by atoms with Crippen molar-refractivity contribution in [2.75, 3.05) is 12.8 Å². The molecule has 0 unspecified atom stereocenters. The molecule has 2 aromatic heterocycles. The topological polar surface area (TPSA) is 144 Å². The molecular formula is C32H32FN7O4S. The van der Waals surface area contributed by atoms with Gasteiger partial charge in [-0.05, 0) is 67.8 Å². The average molecular weight is 630 g/mol. The van der Waals surface area contributed by atoms with E-state index in [9.17, 15) is 22.4 Å². The van der Waals surface area contributed by atoms with Crippen LogP contribution in [0.1, 0.15) is 68.7 Å². The molecule has 4 aromatic rings. The Kier molecular flexibility index (Phi) is 7.75. The second-order valence-electron chi connectivity index (χ2n) is 11.2. The molecule has 1 saturated carbocycles. The molecule has 0 atom stereocenters. The van der Waals surface area contributed by atoms with Crippen LogP contribution in [-0.2, 0) is 28.7 Å². The summed E-state index contributed by atoms with van der Waals surface area (Å²) in [5, 5.41) is 9.31. The number of pyridine rings is 1. The van der Waals surface area contributed by atoms with Crippen LogP contribution in [-0.4, -0.2) is 57.2 Å². The van der Waals surface area contributed by atoms with Crippen LogP contribution in [0.4, 0.5) is 4.39 Å². The molecule has 1 aliphatic heterocycles. The third-order valence-corrected chi connectivity index (χ3v) is 9.24. The van der Waals surface area contributed by atoms with Gasteiger partial charge in [-0.15, -0.1) is 4.41 Å². The predicted molar refractivity (Wildman–Crippen MR) is 166 cm³/mol. The van der Waals surface area contributed by atoms with Gasteiger partial charge < -0.3 is 11.1 Å². The SMILES string of the molecule is CCN(N1Cn2nc(Cc3ccc(F)cc3)c(C(N)=O)c2C=C1c1cccc(C(=O)NC2(c3ccccn3)CC2)c1)S(C)(=O)=O. The van der Waals surface area contributed by atoms with Crippen LogP contribution in [0.15, 0.2) is 72.9 Å². The summed E-state index contributed by atoms with van der Waals surface area (Å²) >= 11 is 0. The molecule has 13 heteroatoms. The Labute approximate surface area is 260 Å². The quantitative estimate of drug-likeness (QED) is 0.273. The van der Waals surface area contributed by atoms with Crippen molar-refractivity contribution in [3.63, 3.8) is 0 Å². The first kappa shape index (κ1) is 30.2. The standard InChI is InChI=1S/C32H32FN7O4S/c1-3-40(45(2,43)44)39-20-38-27(29(30(34)41)25(37-38)17-21-10-12-24(33)13-11-21)19-26(39)22-7-6-8-23(18-22)31(42)36-32(14-15-32)28-9-4-5-16-35-28/h4-13,16,18-19H,3,14-15,17,20H2,1-2H3,(H2,34,41)(H,36,42). The van der Waals surface area contributed by atoms with Gasteiger partial charge >= 0.3 is 0 Å². The summed E-state index contributed by atoms with van der Waals surface area (Å²) in [6.07, 6.45) is 6.22. The highest BCUT2D eigenvalue weighted by Gasteiger charge is 2.47. The van der Waals surface area contributed by atoms with E-state index in [1.807, 2.05) is 18.2 Å². The highest BCUT2D eigenvalue weighted by atomic mass is 32.2. The van der Waals surface area contributed by atoms with Gasteiger partial charge in [0.25, 0.3) is 11.8 Å². The number of nitrogens with zero attached hydrogens (tertiary/aromatic N) is 5. The lowest BCUT2D eigenvalue weighted by atomic mass is 10.0. The van der Waals surface area contributed by atoms with Crippen LogP contribution in [0, 0.1) is 5.82 Å². The summed E-state index contributed by atoms with van der Waals surface area (Å²) in [5.74, 6) is -1.38. The Morgan fingerprint density at radius 1 is 1.09 bits per heavy atom. The molecule has 1 fully saturated rings. The minimum absolute atomic E-state index is 0.0506. The summed E-state index contributed by atoms with van der Waals surface area (Å²) in [5.41, 5.74) is 9.17. The highest BCUT2D eigenvalue weighted by molar-refractivity contribution is 7.88. The van der Waals surface area contributed by atoms with Gasteiger partial charge in [0.2, 0.25) is 10.0 Å². The van der Waals surface area contributed by atoms with Crippen LogP contribution in [0.25, 0.3) is 11.8 Å². The van der Waals surface area contributed by atoms with E-state index in [4.69, 9.17) is 5.73 Å². The predicted octanol–water partition coefficient (Wildman–Crippen LogP) is 3.49. The van der Waals surface area contributed by atoms with Crippen molar-refractivity contribution >= 4 is 33.6 Å². The normalized spacial score (nSPS) is 15.4. The van der Waals surface area contributed by atoms with Crippen LogP contribution in [0.2, 0.25) is 0 Å². The number of hydrogen-bond donors (Lipinski definition) is 2. The Hall–Kier alpha value is -4.88. The summed E-state index contributed by atoms with van der Waals surface area (Å²) in [4.78, 5) is 30.7. The fourth-order valence-corrected chi connectivity index (χ4v) is 6.68. The number of aromatic nitrogens is 3. The monoisotopic (exact) mass is 629 g/mol. The van der Waals surface area contributed by atoms with Crippen molar-refractivity contribution in [2.45, 2.75) is 38.4 Å². The summed E-state index contributed by atoms with van der Waals surface area (Å²) < 4.78 is 42.1. The zero-order chi connectivity index (χ0) is 31.9. The molecular weight excluding hydrogens is 597 g/mol. The zero-order valence-electron chi connectivity index (χ0n) is 24.8. The first-order chi connectivity index (χ1) is 21.5. The smallest absolute Gasteiger partial charge is 0.252 e. The summed E-state index contributed by atoms with van der Waals surface area (Å²) in [7, 11) is -3.74. The zero-order valence-corrected chi connectivity index (χ0v) is 25.6. The largest absolute Gasteiger partial charge is 0.365 e. The van der Waals surface area contributed by atoms with Gasteiger partial charge in [-0.2, -0.15) is 5.10 Å². The van der Waals surface area contributed by atoms with Gasteiger partial charge in [0.05, 0.1) is 40.1 Å². The van der Waals surface area contributed by atoms with Crippen LogP contribution in [0.3, 0.4) is 0 Å². The molecule has 11 nitrogen and oxygen atoms in total. The lowest BCUT2D eigenvalue weighted by molar-refractivity contribution is 0.0925. The summed E-state index contributed by atoms with van der Waals surface area (Å²) in [6.45, 7) is 1.78. The number of amides is 2. The van der Waals surface area contributed by atoms with E-state index in [0.29, 0.717) is 28.2 Å². The van der Waals surface area contributed by atoms with Gasteiger partial charge in [0, 0.05) is 30.3 Å². The lowest BCUT2D eigenvalue weighted by Crippen LogP contribution is -2.47. The molecule has 0 radical (unpaired) electrons. The summed E-state index contributed by atoms with van der Waals surface area (Å²) in [6, 6.07) is 18.3. The molecule has 45 heavy (non-hydrogen) atoms. The number of halogens is 1. The number of primary amides is 1. The number of benzene rings is 2. The first-order valence-electron chi connectivity index (χ1n) is 14.4. The Balaban J connectivity index is 1.41. The number of carbonyl (C=O) groups excluding carboxylic acids is 2. The van der Waals surface area contributed by atoms with Gasteiger partial charge in [0.1, 0.15) is 12.5 Å². The van der Waals surface area contributed by atoms with E-state index in [0.717, 1.165) is 30.4 Å². The Bertz CT molecular complexity index is 1920. The number of hydrogen-bond acceptors (Lipinski definition) is 7. The molecule has 0 saturated heterocycles. The number of rotatable bonds is 10. The molecule has 1 aliphatic carbocycles. The van der Waals surface area contributed by atoms with Crippen LogP contribution in [0.5, 0.6) is 0 Å². The van der Waals surface area contributed by atoms with Crippen molar-refractivity contribution in [1.29, 1.82) is 0 Å². The van der Waals surface area contributed by atoms with Crippen molar-refractivity contribution in [3.8, 4) is 0 Å². The maximum absolute atomic E-state index is 13.5. The molecule has 3 N–H and O–H groups in total. The number of nitrogens with one attached hydrogen (secondary N) is 1. The van der Waals surface area contributed by atoms with Crippen molar-refractivity contribution in [1.82, 2.24) is 29.5 Å². The van der Waals surface area contributed by atoms with E-state index in [-0.39, 0.29) is 36.9 Å². The Morgan fingerprint density at radius 2 is 1.84 bits per heavy atom. The van der Waals surface area contributed by atoms with Gasteiger partial charge in [-0.1, -0.05) is 30.3 Å². The molecule has 0 bridgehead atoms. The molecule has 232 valence electrons. The van der Waals surface area contributed by atoms with E-state index in [1.54, 1.807) is 60.6 Å². The maximum atomic E-state index is 13.5. The van der Waals surface area contributed by atoms with Crippen LogP contribution < -0.4 is 11.1 Å². The van der Waals surface area contributed by atoms with E-state index in [2.05, 4.69) is 15.4 Å². The first-order valence-corrected chi connectivity index (χ1v) is 16.3. The molecule has 3 heterocycles. The van der Waals surface area contributed by atoms with Crippen molar-refractivity contribution < 1.29 is 22.4 Å². The molecule has 6 rings (SSSR count). The maximum Gasteiger partial charge on any atom is 0.252 e. The third-order valence-electron chi connectivity index (χ3n) is 8.02. The minimum Gasteiger partial charge on any atom is -0.365 e. The van der Waals surface area contributed by atoms with Gasteiger partial charge in [-0.3, -0.25) is 19.6 Å². The van der Waals surface area contributed by atoms with Gasteiger partial charge in [0.15, 0.2) is 0 Å². The second-order valence-corrected chi connectivity index (χ2v) is 13.1. The fourth-order valence-electron chi connectivity index (χ4n) is 5.71. The van der Waals surface area contributed by atoms with Crippen LogP contribution >= 0.6 is 0 Å². The number of hydrazine groups is 1. The van der Waals surface area contributed by atoms with E-state index >= 15 is 0 Å². The number of sulfonamides is 1. The molecule has 2 amide bonds. The Morgan fingerprint density at radius 3 is 2.47 bits per heavy atom. The van der Waals surface area contributed by atoms with Crippen molar-refractivity contribution in [3.05, 3.63) is 118 Å². The highest BCUT2D eigenvalue weighted by Crippen LogP contribution is 2.44. The number of nitrogens with two attached hydrogens (primary N) is 1. The lowest BCUT2D eigenvalue weighted by Gasteiger charge is -2.38. The van der Waals surface area contributed by atoms with Crippen molar-refractivity contribution in [2.24, 2.45) is 5.73 Å². The average Bonchev–Trinajstić information content (AvgIpc) is 3.71. The third kappa shape index (κ3) is 5.96. The number of carbonyl (C=O) groups is 2. The fraction of sp³-hybridized carbons (Fsp3) is 0.250. The number of fused-ring (bicyclic) bond motifs is 1. The molecule has 2 aromatic carbocycles. The second kappa shape index (κ2) is 11.6. The van der Waals surface area contributed by atoms with Gasteiger partial charge in [-0.25, -0.2) is 17.5 Å². The molecule has 2 aliphatic rings. The van der Waals surface area contributed by atoms with E-state index in [1.165, 1.54) is 21.2 Å². The minimum atomic E-state index is -3.74.